The van der Waals surface area contributed by atoms with Crippen molar-refractivity contribution in [3.05, 3.63) is 29.8 Å². The van der Waals surface area contributed by atoms with Crippen LogP contribution in [0.3, 0.4) is 0 Å². The van der Waals surface area contributed by atoms with Crippen molar-refractivity contribution >= 4 is 11.6 Å². The van der Waals surface area contributed by atoms with Gasteiger partial charge in [-0.1, -0.05) is 17.7 Å². The first-order valence-electron chi connectivity index (χ1n) is 9.30. The molecule has 25 heavy (non-hydrogen) atoms. The van der Waals surface area contributed by atoms with Gasteiger partial charge in [-0.3, -0.25) is 4.79 Å². The van der Waals surface area contributed by atoms with Crippen molar-refractivity contribution in [1.82, 2.24) is 9.80 Å². The number of rotatable bonds is 1. The van der Waals surface area contributed by atoms with Crippen LogP contribution in [0.4, 0.5) is 5.69 Å². The third-order valence-electron chi connectivity index (χ3n) is 7.07. The Bertz CT molecular complexity index is 677. The fraction of sp³-hybridized carbons (Fsp3) is 0.650. The topological polar surface area (TPSA) is 47.0 Å². The fourth-order valence-electron chi connectivity index (χ4n) is 5.27. The molecule has 0 aromatic heterocycles. The maximum absolute atomic E-state index is 13.1. The zero-order valence-corrected chi connectivity index (χ0v) is 15.7. The monoisotopic (exact) mass is 343 g/mol. The second-order valence-corrected chi connectivity index (χ2v) is 8.43. The first kappa shape index (κ1) is 16.9. The van der Waals surface area contributed by atoms with Gasteiger partial charge in [0.2, 0.25) is 5.91 Å². The van der Waals surface area contributed by atoms with Gasteiger partial charge in [0.15, 0.2) is 0 Å². The molecule has 0 aliphatic carbocycles. The number of piperidine rings is 1. The second-order valence-electron chi connectivity index (χ2n) is 8.43. The molecule has 136 valence electrons. The van der Waals surface area contributed by atoms with E-state index < -0.39 is 5.72 Å². The first-order valence-corrected chi connectivity index (χ1v) is 9.30. The highest BCUT2D eigenvalue weighted by Gasteiger charge is 2.67. The average molecular weight is 343 g/mol. The summed E-state index contributed by atoms with van der Waals surface area (Å²) >= 11 is 0. The smallest absolute Gasteiger partial charge is 0.230 e. The molecule has 5 nitrogen and oxygen atoms in total. The lowest BCUT2D eigenvalue weighted by molar-refractivity contribution is -0.143. The molecule has 1 N–H and O–H groups in total. The van der Waals surface area contributed by atoms with Crippen molar-refractivity contribution in [3.63, 3.8) is 0 Å². The number of aliphatic hydroxyl groups is 1. The molecule has 0 radical (unpaired) electrons. The number of fused-ring (bicyclic) bond motifs is 2. The van der Waals surface area contributed by atoms with Gasteiger partial charge >= 0.3 is 0 Å². The van der Waals surface area contributed by atoms with Gasteiger partial charge in [0.25, 0.3) is 0 Å². The van der Waals surface area contributed by atoms with Crippen molar-refractivity contribution < 1.29 is 9.90 Å². The molecule has 1 aromatic rings. The van der Waals surface area contributed by atoms with Gasteiger partial charge in [-0.05, 0) is 45.9 Å². The molecule has 3 heterocycles. The van der Waals surface area contributed by atoms with E-state index in [1.54, 1.807) is 18.9 Å². The standard InChI is InChI=1S/C20H29N3O2/c1-14-5-7-15(8-6-14)23-13-16-17(18(24)22(4)19(16,2)25)20(23)9-11-21(3)12-10-20/h5-8,16-17,25H,9-13H2,1-4H3. The SMILES string of the molecule is Cc1ccc(N2CC3C(C(=O)N(C)C3(C)O)C23CCN(C)CC3)cc1. The molecular formula is C20H29N3O2. The summed E-state index contributed by atoms with van der Waals surface area (Å²) in [6.45, 7) is 6.62. The van der Waals surface area contributed by atoms with Crippen molar-refractivity contribution in [3.8, 4) is 0 Å². The zero-order chi connectivity index (χ0) is 18.0. The van der Waals surface area contributed by atoms with E-state index in [0.717, 1.165) is 32.5 Å². The molecule has 3 unspecified atom stereocenters. The van der Waals surface area contributed by atoms with Crippen LogP contribution in [-0.4, -0.2) is 65.8 Å². The summed E-state index contributed by atoms with van der Waals surface area (Å²) in [6.07, 6.45) is 1.93. The van der Waals surface area contributed by atoms with Crippen LogP contribution in [-0.2, 0) is 4.79 Å². The van der Waals surface area contributed by atoms with Crippen molar-refractivity contribution in [2.24, 2.45) is 11.8 Å². The van der Waals surface area contributed by atoms with Gasteiger partial charge in [-0.25, -0.2) is 0 Å². The first-order chi connectivity index (χ1) is 11.8. The number of carbonyl (C=O) groups excluding carboxylic acids is 1. The molecule has 3 saturated heterocycles. The molecule has 3 fully saturated rings. The fourth-order valence-corrected chi connectivity index (χ4v) is 5.27. The Labute approximate surface area is 150 Å². The van der Waals surface area contributed by atoms with Crippen LogP contribution >= 0.6 is 0 Å². The van der Waals surface area contributed by atoms with Crippen molar-refractivity contribution in [1.29, 1.82) is 0 Å². The number of benzene rings is 1. The molecule has 0 saturated carbocycles. The number of carbonyl (C=O) groups is 1. The van der Waals surface area contributed by atoms with Gasteiger partial charge in [0, 0.05) is 38.3 Å². The van der Waals surface area contributed by atoms with Gasteiger partial charge in [0.05, 0.1) is 11.5 Å². The summed E-state index contributed by atoms with van der Waals surface area (Å²) in [4.78, 5) is 19.5. The molecule has 0 bridgehead atoms. The molecule has 1 aromatic carbocycles. The Balaban J connectivity index is 1.79. The number of aryl methyl sites for hydroxylation is 1. The highest BCUT2D eigenvalue weighted by atomic mass is 16.3. The van der Waals surface area contributed by atoms with Crippen LogP contribution in [0, 0.1) is 18.8 Å². The molecule has 5 heteroatoms. The summed E-state index contributed by atoms with van der Waals surface area (Å²) < 4.78 is 0. The third-order valence-corrected chi connectivity index (χ3v) is 7.07. The molecule has 3 aliphatic rings. The highest BCUT2D eigenvalue weighted by molar-refractivity contribution is 5.86. The minimum atomic E-state index is -1.07. The minimum absolute atomic E-state index is 0.0466. The summed E-state index contributed by atoms with van der Waals surface area (Å²) in [5, 5.41) is 11.0. The number of amides is 1. The molecule has 1 amide bonds. The lowest BCUT2D eigenvalue weighted by atomic mass is 9.73. The Hall–Kier alpha value is -1.59. The van der Waals surface area contributed by atoms with Crippen LogP contribution in [0.2, 0.25) is 0 Å². The maximum Gasteiger partial charge on any atom is 0.230 e. The lowest BCUT2D eigenvalue weighted by Gasteiger charge is -2.48. The summed E-state index contributed by atoms with van der Waals surface area (Å²) in [5.41, 5.74) is 1.16. The zero-order valence-electron chi connectivity index (χ0n) is 15.7. The van der Waals surface area contributed by atoms with Crippen LogP contribution < -0.4 is 4.90 Å². The van der Waals surface area contributed by atoms with Gasteiger partial charge in [0.1, 0.15) is 5.72 Å². The number of hydrogen-bond donors (Lipinski definition) is 1. The van der Waals surface area contributed by atoms with E-state index in [0.29, 0.717) is 0 Å². The highest BCUT2D eigenvalue weighted by Crippen LogP contribution is 2.55. The number of hydrogen-bond acceptors (Lipinski definition) is 4. The Morgan fingerprint density at radius 2 is 1.72 bits per heavy atom. The van der Waals surface area contributed by atoms with Gasteiger partial charge in [-0.2, -0.15) is 0 Å². The van der Waals surface area contributed by atoms with E-state index in [4.69, 9.17) is 0 Å². The van der Waals surface area contributed by atoms with Crippen LogP contribution in [0.15, 0.2) is 24.3 Å². The maximum atomic E-state index is 13.1. The third kappa shape index (κ3) is 2.25. The average Bonchev–Trinajstić information content (AvgIpc) is 3.00. The lowest BCUT2D eigenvalue weighted by Crippen LogP contribution is -2.57. The van der Waals surface area contributed by atoms with Crippen molar-refractivity contribution in [2.45, 2.75) is 38.0 Å². The van der Waals surface area contributed by atoms with E-state index in [9.17, 15) is 9.90 Å². The minimum Gasteiger partial charge on any atom is -0.371 e. The molecule has 4 rings (SSSR count). The number of likely N-dealkylation sites (tertiary alicyclic amines) is 2. The summed E-state index contributed by atoms with van der Waals surface area (Å²) in [7, 11) is 3.90. The second kappa shape index (κ2) is 5.45. The van der Waals surface area contributed by atoms with E-state index >= 15 is 0 Å². The molecule has 3 aliphatic heterocycles. The largest absolute Gasteiger partial charge is 0.371 e. The van der Waals surface area contributed by atoms with Crippen molar-refractivity contribution in [2.75, 3.05) is 38.6 Å². The Morgan fingerprint density at radius 1 is 1.12 bits per heavy atom. The molecular weight excluding hydrogens is 314 g/mol. The Kier molecular flexibility index (Phi) is 3.68. The molecule has 3 atom stereocenters. The van der Waals surface area contributed by atoms with E-state index in [1.807, 2.05) is 0 Å². The predicted octanol–water partition coefficient (Wildman–Crippen LogP) is 1.69. The van der Waals surface area contributed by atoms with E-state index in [2.05, 4.69) is 48.0 Å². The normalized spacial score (nSPS) is 34.8. The summed E-state index contributed by atoms with van der Waals surface area (Å²) in [5.74, 6) is -0.0635. The van der Waals surface area contributed by atoms with Crippen LogP contribution in [0.5, 0.6) is 0 Å². The van der Waals surface area contributed by atoms with Crippen LogP contribution in [0.1, 0.15) is 25.3 Å². The number of nitrogens with zero attached hydrogens (tertiary/aromatic N) is 3. The van der Waals surface area contributed by atoms with Gasteiger partial charge < -0.3 is 19.8 Å². The quantitative estimate of drug-likeness (QED) is 0.843. The summed E-state index contributed by atoms with van der Waals surface area (Å²) in [6, 6.07) is 8.61. The number of anilines is 1. The van der Waals surface area contributed by atoms with Gasteiger partial charge in [-0.15, -0.1) is 0 Å². The van der Waals surface area contributed by atoms with E-state index in [-0.39, 0.29) is 23.3 Å². The van der Waals surface area contributed by atoms with E-state index in [1.165, 1.54) is 11.3 Å². The Morgan fingerprint density at radius 3 is 2.32 bits per heavy atom. The predicted molar refractivity (Wildman–Crippen MR) is 98.4 cm³/mol. The van der Waals surface area contributed by atoms with Crippen LogP contribution in [0.25, 0.3) is 0 Å². The molecule has 1 spiro atoms.